The average molecular weight is 338 g/mol. The molecule has 0 saturated carbocycles. The molecular formula is C16H26N4O2S. The molecule has 2 fully saturated rings. The maximum atomic E-state index is 12.6. The van der Waals surface area contributed by atoms with Crippen LogP contribution in [0.15, 0.2) is 18.6 Å². The third-order valence-corrected chi connectivity index (χ3v) is 7.11. The van der Waals surface area contributed by atoms with Crippen molar-refractivity contribution >= 4 is 15.7 Å². The van der Waals surface area contributed by atoms with Crippen molar-refractivity contribution in [3.8, 4) is 0 Å². The van der Waals surface area contributed by atoms with Crippen LogP contribution in [0.3, 0.4) is 0 Å². The fraction of sp³-hybridized carbons (Fsp3) is 0.750. The van der Waals surface area contributed by atoms with E-state index < -0.39 is 9.84 Å². The fourth-order valence-electron chi connectivity index (χ4n) is 3.86. The van der Waals surface area contributed by atoms with Gasteiger partial charge in [-0.2, -0.15) is 0 Å². The Morgan fingerprint density at radius 2 is 2.04 bits per heavy atom. The van der Waals surface area contributed by atoms with Crippen LogP contribution in [0.1, 0.15) is 26.7 Å². The molecular weight excluding hydrogens is 312 g/mol. The third kappa shape index (κ3) is 3.66. The quantitative estimate of drug-likeness (QED) is 0.825. The van der Waals surface area contributed by atoms with Gasteiger partial charge in [0, 0.05) is 38.4 Å². The minimum absolute atomic E-state index is 0.142. The van der Waals surface area contributed by atoms with Crippen LogP contribution in [-0.4, -0.2) is 66.5 Å². The largest absolute Gasteiger partial charge is 0.356 e. The van der Waals surface area contributed by atoms with Crippen molar-refractivity contribution in [2.24, 2.45) is 5.92 Å². The maximum Gasteiger partial charge on any atom is 0.156 e. The zero-order chi connectivity index (χ0) is 16.4. The van der Waals surface area contributed by atoms with Crippen molar-refractivity contribution in [3.63, 3.8) is 0 Å². The summed E-state index contributed by atoms with van der Waals surface area (Å²) in [6, 6.07) is 2.04. The highest BCUT2D eigenvalue weighted by Crippen LogP contribution is 2.29. The van der Waals surface area contributed by atoms with Gasteiger partial charge in [0.05, 0.1) is 11.0 Å². The fourth-order valence-corrected chi connectivity index (χ4v) is 5.90. The van der Waals surface area contributed by atoms with E-state index in [4.69, 9.17) is 0 Å². The highest BCUT2D eigenvalue weighted by Gasteiger charge is 2.42. The molecule has 0 spiro atoms. The van der Waals surface area contributed by atoms with Gasteiger partial charge in [0.2, 0.25) is 0 Å². The van der Waals surface area contributed by atoms with Gasteiger partial charge in [0.15, 0.2) is 9.84 Å². The lowest BCUT2D eigenvalue weighted by Crippen LogP contribution is -2.55. The zero-order valence-corrected chi connectivity index (χ0v) is 14.7. The summed E-state index contributed by atoms with van der Waals surface area (Å²) in [4.78, 5) is 12.9. The third-order valence-electron chi connectivity index (χ3n) is 4.89. The zero-order valence-electron chi connectivity index (χ0n) is 13.9. The Labute approximate surface area is 138 Å². The molecule has 6 nitrogen and oxygen atoms in total. The molecule has 0 radical (unpaired) electrons. The van der Waals surface area contributed by atoms with Gasteiger partial charge < -0.3 is 4.90 Å². The van der Waals surface area contributed by atoms with E-state index in [-0.39, 0.29) is 11.3 Å². The second-order valence-electron chi connectivity index (χ2n) is 6.99. The Morgan fingerprint density at radius 1 is 1.26 bits per heavy atom. The van der Waals surface area contributed by atoms with Crippen LogP contribution in [-0.2, 0) is 9.84 Å². The molecule has 0 amide bonds. The predicted molar refractivity (Wildman–Crippen MR) is 91.3 cm³/mol. The van der Waals surface area contributed by atoms with Crippen molar-refractivity contribution in [2.45, 2.75) is 38.0 Å². The molecule has 0 bridgehead atoms. The second-order valence-corrected chi connectivity index (χ2v) is 9.33. The monoisotopic (exact) mass is 338 g/mol. The lowest BCUT2D eigenvalue weighted by atomic mass is 10.0. The van der Waals surface area contributed by atoms with E-state index in [1.165, 1.54) is 0 Å². The number of sulfone groups is 1. The van der Waals surface area contributed by atoms with Gasteiger partial charge in [-0.3, -0.25) is 4.90 Å². The molecule has 0 N–H and O–H groups in total. The molecule has 1 aromatic rings. The Balaban J connectivity index is 1.81. The topological polar surface area (TPSA) is 66.4 Å². The molecule has 2 aliphatic heterocycles. The van der Waals surface area contributed by atoms with Crippen molar-refractivity contribution in [1.82, 2.24) is 14.9 Å². The summed E-state index contributed by atoms with van der Waals surface area (Å²) in [6.07, 6.45) is 4.85. The summed E-state index contributed by atoms with van der Waals surface area (Å²) in [5.41, 5.74) is 0. The number of nitrogens with zero attached hydrogens (tertiary/aromatic N) is 4. The summed E-state index contributed by atoms with van der Waals surface area (Å²) in [5, 5.41) is -0.234. The van der Waals surface area contributed by atoms with Crippen molar-refractivity contribution in [2.75, 3.05) is 36.8 Å². The minimum atomic E-state index is -2.98. The minimum Gasteiger partial charge on any atom is -0.356 e. The van der Waals surface area contributed by atoms with Crippen LogP contribution < -0.4 is 4.90 Å². The molecule has 0 aromatic carbocycles. The van der Waals surface area contributed by atoms with Crippen LogP contribution in [0.25, 0.3) is 0 Å². The Morgan fingerprint density at radius 3 is 2.74 bits per heavy atom. The van der Waals surface area contributed by atoms with Crippen molar-refractivity contribution < 1.29 is 8.42 Å². The highest BCUT2D eigenvalue weighted by atomic mass is 32.2. The molecule has 0 aliphatic carbocycles. The summed E-state index contributed by atoms with van der Waals surface area (Å²) in [5.74, 6) is 1.75. The first-order chi connectivity index (χ1) is 11.0. The van der Waals surface area contributed by atoms with Gasteiger partial charge in [-0.15, -0.1) is 0 Å². The smallest absolute Gasteiger partial charge is 0.156 e. The SMILES string of the molecule is CC(C)CN1CCS(=O)(=O)[C@@H]2CCN(c3ccncn3)CC[C@@H]21. The van der Waals surface area contributed by atoms with Crippen LogP contribution in [0.4, 0.5) is 5.82 Å². The molecule has 2 atom stereocenters. The van der Waals surface area contributed by atoms with Crippen LogP contribution in [0.2, 0.25) is 0 Å². The molecule has 2 saturated heterocycles. The summed E-state index contributed by atoms with van der Waals surface area (Å²) < 4.78 is 25.1. The molecule has 1 aromatic heterocycles. The van der Waals surface area contributed by atoms with E-state index >= 15 is 0 Å². The average Bonchev–Trinajstić information content (AvgIpc) is 2.75. The van der Waals surface area contributed by atoms with E-state index in [9.17, 15) is 8.42 Å². The van der Waals surface area contributed by atoms with Crippen LogP contribution in [0.5, 0.6) is 0 Å². The molecule has 2 aliphatic rings. The standard InChI is InChI=1S/C16H26N4O2S/c1-13(2)11-20-9-10-23(21,22)15-5-8-19(7-4-14(15)20)16-3-6-17-12-18-16/h3,6,12-15H,4-5,7-11H2,1-2H3/t14-,15+/m0/s1. The van der Waals surface area contributed by atoms with Gasteiger partial charge >= 0.3 is 0 Å². The van der Waals surface area contributed by atoms with Crippen LogP contribution in [0, 0.1) is 5.92 Å². The number of rotatable bonds is 3. The molecule has 7 heteroatoms. The number of fused-ring (bicyclic) bond motifs is 1. The summed E-state index contributed by atoms with van der Waals surface area (Å²) in [6.45, 7) is 7.64. The normalized spacial score (nSPS) is 28.4. The Kier molecular flexibility index (Phi) is 4.87. The van der Waals surface area contributed by atoms with E-state index in [0.29, 0.717) is 24.6 Å². The molecule has 3 rings (SSSR count). The van der Waals surface area contributed by atoms with Gasteiger partial charge in [-0.1, -0.05) is 13.8 Å². The van der Waals surface area contributed by atoms with E-state index in [1.807, 2.05) is 6.07 Å². The summed E-state index contributed by atoms with van der Waals surface area (Å²) in [7, 11) is -2.98. The highest BCUT2D eigenvalue weighted by molar-refractivity contribution is 7.92. The van der Waals surface area contributed by atoms with Gasteiger partial charge in [0.25, 0.3) is 0 Å². The van der Waals surface area contributed by atoms with Gasteiger partial charge in [0.1, 0.15) is 12.1 Å². The molecule has 3 heterocycles. The van der Waals surface area contributed by atoms with Gasteiger partial charge in [-0.25, -0.2) is 18.4 Å². The first-order valence-electron chi connectivity index (χ1n) is 8.44. The number of hydrogen-bond acceptors (Lipinski definition) is 6. The predicted octanol–water partition coefficient (Wildman–Crippen LogP) is 1.20. The lowest BCUT2D eigenvalue weighted by molar-refractivity contribution is 0.164. The first kappa shape index (κ1) is 16.6. The van der Waals surface area contributed by atoms with Crippen LogP contribution >= 0.6 is 0 Å². The number of anilines is 1. The maximum absolute atomic E-state index is 12.6. The van der Waals surface area contributed by atoms with Crippen molar-refractivity contribution in [3.05, 3.63) is 18.6 Å². The lowest BCUT2D eigenvalue weighted by Gasteiger charge is -2.40. The summed E-state index contributed by atoms with van der Waals surface area (Å²) >= 11 is 0. The van der Waals surface area contributed by atoms with Gasteiger partial charge in [-0.05, 0) is 24.8 Å². The van der Waals surface area contributed by atoms with E-state index in [2.05, 4.69) is 33.6 Å². The Hall–Kier alpha value is -1.21. The number of aromatic nitrogens is 2. The Bertz CT molecular complexity index is 620. The molecule has 0 unspecified atom stereocenters. The number of hydrogen-bond donors (Lipinski definition) is 0. The van der Waals surface area contributed by atoms with Crippen molar-refractivity contribution in [1.29, 1.82) is 0 Å². The first-order valence-corrected chi connectivity index (χ1v) is 10.2. The molecule has 23 heavy (non-hydrogen) atoms. The van der Waals surface area contributed by atoms with E-state index in [1.54, 1.807) is 12.5 Å². The molecule has 128 valence electrons. The van der Waals surface area contributed by atoms with E-state index in [0.717, 1.165) is 31.9 Å². The second kappa shape index (κ2) is 6.73.